The number of nitrogens with zero attached hydrogens (tertiary/aromatic N) is 1. The van der Waals surface area contributed by atoms with E-state index in [9.17, 15) is 22.0 Å². The number of fused-ring (bicyclic) bond motifs is 1. The fourth-order valence-electron chi connectivity index (χ4n) is 3.10. The highest BCUT2D eigenvalue weighted by Crippen LogP contribution is 2.36. The van der Waals surface area contributed by atoms with Crippen molar-refractivity contribution in [2.24, 2.45) is 0 Å². The first kappa shape index (κ1) is 19.8. The maximum Gasteiger partial charge on any atom is 0.267 e. The lowest BCUT2D eigenvalue weighted by Crippen LogP contribution is -2.38. The summed E-state index contributed by atoms with van der Waals surface area (Å²) in [4.78, 5) is 11.8. The smallest absolute Gasteiger partial charge is 0.267 e. The summed E-state index contributed by atoms with van der Waals surface area (Å²) in [6.45, 7) is -0.0895. The van der Waals surface area contributed by atoms with Crippen LogP contribution in [0.25, 0.3) is 0 Å². The number of carbonyl (C=O) groups is 1. The van der Waals surface area contributed by atoms with E-state index in [1.807, 2.05) is 0 Å². The molecule has 0 saturated heterocycles. The lowest BCUT2D eigenvalue weighted by atomic mass is 10.1. The third-order valence-electron chi connectivity index (χ3n) is 4.53. The lowest BCUT2D eigenvalue weighted by molar-refractivity contribution is 0.102. The van der Waals surface area contributed by atoms with E-state index in [1.165, 1.54) is 18.2 Å². The second-order valence-electron chi connectivity index (χ2n) is 6.50. The molecule has 1 aliphatic rings. The number of nitrogens with one attached hydrogen (secondary N) is 1. The third kappa shape index (κ3) is 3.71. The zero-order chi connectivity index (χ0) is 21.3. The number of benzene rings is 3. The highest BCUT2D eigenvalue weighted by Gasteiger charge is 2.33. The highest BCUT2D eigenvalue weighted by molar-refractivity contribution is 7.92. The van der Waals surface area contributed by atoms with Gasteiger partial charge in [0, 0.05) is 11.3 Å². The molecule has 1 aliphatic heterocycles. The van der Waals surface area contributed by atoms with Gasteiger partial charge in [0.2, 0.25) is 0 Å². The van der Waals surface area contributed by atoms with E-state index < -0.39 is 32.5 Å². The first-order chi connectivity index (χ1) is 14.4. The van der Waals surface area contributed by atoms with Crippen molar-refractivity contribution in [3.05, 3.63) is 83.9 Å². The summed E-state index contributed by atoms with van der Waals surface area (Å²) in [5.41, 5.74) is 0.830. The topological polar surface area (TPSA) is 75.7 Å². The Balaban J connectivity index is 1.72. The summed E-state index contributed by atoms with van der Waals surface area (Å²) in [5.74, 6) is -2.18. The summed E-state index contributed by atoms with van der Waals surface area (Å²) in [6.07, 6.45) is 0. The quantitative estimate of drug-likeness (QED) is 0.683. The maximum atomic E-state index is 14.2. The minimum atomic E-state index is -4.42. The molecule has 0 spiro atoms. The number of anilines is 2. The number of hydrogen-bond donors (Lipinski definition) is 1. The van der Waals surface area contributed by atoms with Crippen LogP contribution in [0, 0.1) is 11.6 Å². The molecule has 0 saturated carbocycles. The fourth-order valence-corrected chi connectivity index (χ4v) is 4.63. The molecule has 0 unspecified atom stereocenters. The average Bonchev–Trinajstić information content (AvgIpc) is 2.75. The van der Waals surface area contributed by atoms with Gasteiger partial charge in [-0.25, -0.2) is 17.2 Å². The molecule has 4 rings (SSSR count). The average molecular weight is 430 g/mol. The van der Waals surface area contributed by atoms with Crippen molar-refractivity contribution in [2.75, 3.05) is 22.8 Å². The number of sulfonamides is 1. The van der Waals surface area contributed by atoms with Gasteiger partial charge in [0.1, 0.15) is 28.9 Å². The molecule has 1 N–H and O–H groups in total. The van der Waals surface area contributed by atoms with Crippen molar-refractivity contribution >= 4 is 27.3 Å². The van der Waals surface area contributed by atoms with Crippen molar-refractivity contribution in [1.82, 2.24) is 0 Å². The number of hydrogen-bond acceptors (Lipinski definition) is 4. The molecule has 3 aromatic carbocycles. The van der Waals surface area contributed by atoms with E-state index >= 15 is 0 Å². The van der Waals surface area contributed by atoms with Crippen LogP contribution in [0.1, 0.15) is 10.4 Å². The molecular formula is C21H16F2N2O4S. The van der Waals surface area contributed by atoms with E-state index in [4.69, 9.17) is 4.74 Å². The second-order valence-corrected chi connectivity index (χ2v) is 8.33. The van der Waals surface area contributed by atoms with Crippen LogP contribution in [0.15, 0.2) is 71.6 Å². The monoisotopic (exact) mass is 430 g/mol. The van der Waals surface area contributed by atoms with Crippen LogP contribution in [0.4, 0.5) is 20.2 Å². The van der Waals surface area contributed by atoms with Gasteiger partial charge < -0.3 is 10.1 Å². The van der Waals surface area contributed by atoms with Gasteiger partial charge in [-0.3, -0.25) is 9.10 Å². The number of ether oxygens (including phenoxy) is 1. The number of rotatable bonds is 4. The molecule has 0 atom stereocenters. The van der Waals surface area contributed by atoms with Crippen molar-refractivity contribution in [2.45, 2.75) is 4.90 Å². The van der Waals surface area contributed by atoms with Gasteiger partial charge in [-0.1, -0.05) is 18.2 Å². The molecule has 6 nitrogen and oxygen atoms in total. The summed E-state index contributed by atoms with van der Waals surface area (Å²) in [6, 6.07) is 15.3. The van der Waals surface area contributed by atoms with Crippen LogP contribution in [-0.2, 0) is 10.0 Å². The van der Waals surface area contributed by atoms with E-state index in [0.717, 1.165) is 16.4 Å². The standard InChI is InChI=1S/C21H16F2N2O4S/c22-15-7-8-17(23)20(13-15)30(27,28)25-10-11-29-19-9-6-14(12-18(19)25)21(26)24-16-4-2-1-3-5-16/h1-9,12-13H,10-11H2,(H,24,26). The van der Waals surface area contributed by atoms with Gasteiger partial charge >= 0.3 is 0 Å². The molecule has 154 valence electrons. The Labute approximate surface area is 171 Å². The minimum absolute atomic E-state index is 0.0265. The zero-order valence-corrected chi connectivity index (χ0v) is 16.3. The van der Waals surface area contributed by atoms with Gasteiger partial charge in [0.25, 0.3) is 15.9 Å². The zero-order valence-electron chi connectivity index (χ0n) is 15.5. The Bertz CT molecular complexity index is 1220. The first-order valence-electron chi connectivity index (χ1n) is 8.97. The van der Waals surface area contributed by atoms with Crippen molar-refractivity contribution in [1.29, 1.82) is 0 Å². The summed E-state index contributed by atoms with van der Waals surface area (Å²) < 4.78 is 60.3. The number of para-hydroxylation sites is 1. The van der Waals surface area contributed by atoms with Crippen molar-refractivity contribution in [3.63, 3.8) is 0 Å². The Morgan fingerprint density at radius 3 is 2.53 bits per heavy atom. The molecule has 1 heterocycles. The van der Waals surface area contributed by atoms with Crippen molar-refractivity contribution < 1.29 is 26.7 Å². The van der Waals surface area contributed by atoms with Gasteiger partial charge in [-0.15, -0.1) is 0 Å². The predicted molar refractivity (Wildman–Crippen MR) is 107 cm³/mol. The normalized spacial score (nSPS) is 13.3. The summed E-state index contributed by atoms with van der Waals surface area (Å²) in [5, 5.41) is 2.71. The Morgan fingerprint density at radius 2 is 1.77 bits per heavy atom. The van der Waals surface area contributed by atoms with Crippen LogP contribution < -0.4 is 14.4 Å². The largest absolute Gasteiger partial charge is 0.489 e. The SMILES string of the molecule is O=C(Nc1ccccc1)c1ccc2c(c1)N(S(=O)(=O)c1cc(F)ccc1F)CCO2. The van der Waals surface area contributed by atoms with E-state index in [2.05, 4.69) is 5.32 Å². The summed E-state index contributed by atoms with van der Waals surface area (Å²) in [7, 11) is -4.42. The van der Waals surface area contributed by atoms with Gasteiger partial charge in [-0.05, 0) is 48.5 Å². The predicted octanol–water partition coefficient (Wildman–Crippen LogP) is 3.80. The highest BCUT2D eigenvalue weighted by atomic mass is 32.2. The molecule has 0 aromatic heterocycles. The van der Waals surface area contributed by atoms with Crippen LogP contribution >= 0.6 is 0 Å². The molecule has 3 aromatic rings. The van der Waals surface area contributed by atoms with Crippen LogP contribution in [0.2, 0.25) is 0 Å². The Hall–Kier alpha value is -3.46. The Morgan fingerprint density at radius 1 is 1.00 bits per heavy atom. The van der Waals surface area contributed by atoms with Crippen LogP contribution in [0.5, 0.6) is 5.75 Å². The van der Waals surface area contributed by atoms with Gasteiger partial charge in [0.15, 0.2) is 0 Å². The second kappa shape index (κ2) is 7.75. The maximum absolute atomic E-state index is 14.2. The molecule has 1 amide bonds. The lowest BCUT2D eigenvalue weighted by Gasteiger charge is -2.30. The first-order valence-corrected chi connectivity index (χ1v) is 10.4. The molecule has 0 radical (unpaired) electrons. The van der Waals surface area contributed by atoms with Crippen molar-refractivity contribution in [3.8, 4) is 5.75 Å². The summed E-state index contributed by atoms with van der Waals surface area (Å²) >= 11 is 0. The van der Waals surface area contributed by atoms with Gasteiger partial charge in [-0.2, -0.15) is 0 Å². The molecule has 0 aliphatic carbocycles. The fraction of sp³-hybridized carbons (Fsp3) is 0.0952. The van der Waals surface area contributed by atoms with E-state index in [-0.39, 0.29) is 30.2 Å². The van der Waals surface area contributed by atoms with E-state index in [0.29, 0.717) is 11.8 Å². The molecule has 0 fully saturated rings. The van der Waals surface area contributed by atoms with E-state index in [1.54, 1.807) is 30.3 Å². The van der Waals surface area contributed by atoms with Crippen LogP contribution in [-0.4, -0.2) is 27.5 Å². The number of amides is 1. The molecule has 30 heavy (non-hydrogen) atoms. The molecule has 0 bridgehead atoms. The molecule has 9 heteroatoms. The number of halogens is 2. The molecular weight excluding hydrogens is 414 g/mol. The Kier molecular flexibility index (Phi) is 5.13. The van der Waals surface area contributed by atoms with Crippen LogP contribution in [0.3, 0.4) is 0 Å². The minimum Gasteiger partial charge on any atom is -0.489 e. The third-order valence-corrected chi connectivity index (χ3v) is 6.36. The number of carbonyl (C=O) groups excluding carboxylic acids is 1. The van der Waals surface area contributed by atoms with Gasteiger partial charge in [0.05, 0.1) is 12.2 Å².